The summed E-state index contributed by atoms with van der Waals surface area (Å²) in [5.74, 6) is 1.39. The number of nitrogens with zero attached hydrogens (tertiary/aromatic N) is 4. The number of halogens is 4. The molecule has 0 saturated carbocycles. The van der Waals surface area contributed by atoms with Gasteiger partial charge in [0.15, 0.2) is 16.6 Å². The van der Waals surface area contributed by atoms with Gasteiger partial charge in [-0.2, -0.15) is 17.7 Å². The van der Waals surface area contributed by atoms with Crippen molar-refractivity contribution >= 4 is 27.9 Å². The van der Waals surface area contributed by atoms with E-state index in [4.69, 9.17) is 16.0 Å². The highest BCUT2D eigenvalue weighted by molar-refractivity contribution is 7.19. The van der Waals surface area contributed by atoms with Crippen LogP contribution in [0.1, 0.15) is 5.56 Å². The highest BCUT2D eigenvalue weighted by Gasteiger charge is 2.31. The van der Waals surface area contributed by atoms with Crippen molar-refractivity contribution in [2.75, 3.05) is 0 Å². The molecule has 5 nitrogen and oxygen atoms in total. The minimum absolute atomic E-state index is 0.225. The monoisotopic (exact) mass is 446 g/mol. The molecule has 2 aromatic carbocycles. The summed E-state index contributed by atoms with van der Waals surface area (Å²) < 4.78 is 46.4. The molecule has 30 heavy (non-hydrogen) atoms. The Hall–Kier alpha value is -3.17. The Morgan fingerprint density at radius 3 is 2.43 bits per heavy atom. The molecule has 0 aliphatic heterocycles. The highest BCUT2D eigenvalue weighted by atomic mass is 35.5. The first-order valence-corrected chi connectivity index (χ1v) is 9.84. The molecule has 5 rings (SSSR count). The van der Waals surface area contributed by atoms with E-state index < -0.39 is 11.7 Å². The van der Waals surface area contributed by atoms with Crippen LogP contribution in [0.4, 0.5) is 13.2 Å². The summed E-state index contributed by atoms with van der Waals surface area (Å²) in [6.07, 6.45) is -4.45. The molecule has 0 saturated heterocycles. The van der Waals surface area contributed by atoms with Crippen molar-refractivity contribution in [3.63, 3.8) is 0 Å². The maximum atomic E-state index is 13.0. The van der Waals surface area contributed by atoms with E-state index in [1.165, 1.54) is 28.0 Å². The van der Waals surface area contributed by atoms with Crippen LogP contribution in [0.2, 0.25) is 5.02 Å². The van der Waals surface area contributed by atoms with Crippen LogP contribution in [-0.4, -0.2) is 19.8 Å². The van der Waals surface area contributed by atoms with Gasteiger partial charge in [-0.1, -0.05) is 35.1 Å². The Balaban J connectivity index is 1.52. The maximum absolute atomic E-state index is 13.0. The third-order valence-corrected chi connectivity index (χ3v) is 5.55. The Morgan fingerprint density at radius 2 is 1.67 bits per heavy atom. The first-order valence-electron chi connectivity index (χ1n) is 8.64. The number of rotatable bonds is 3. The predicted molar refractivity (Wildman–Crippen MR) is 107 cm³/mol. The Bertz CT molecular complexity index is 1350. The molecule has 150 valence electrons. The van der Waals surface area contributed by atoms with Crippen molar-refractivity contribution in [2.24, 2.45) is 0 Å². The molecule has 0 N–H and O–H groups in total. The van der Waals surface area contributed by atoms with Crippen LogP contribution >= 0.6 is 22.9 Å². The van der Waals surface area contributed by atoms with Gasteiger partial charge >= 0.3 is 6.18 Å². The van der Waals surface area contributed by atoms with Gasteiger partial charge in [0.25, 0.3) is 0 Å². The number of aromatic nitrogens is 4. The standard InChI is InChI=1S/C20H10ClF3N4OS/c21-14-6-4-11(5-7-14)15-8-9-16(29-15)18-27-28-17(25-26-19(28)30-18)12-2-1-3-13(10-12)20(22,23)24/h1-10H. The fraction of sp³-hybridized carbons (Fsp3) is 0.0500. The quantitative estimate of drug-likeness (QED) is 0.319. The first kappa shape index (κ1) is 18.8. The molecule has 3 heterocycles. The van der Waals surface area contributed by atoms with Crippen molar-refractivity contribution in [3.05, 3.63) is 71.2 Å². The summed E-state index contributed by atoms with van der Waals surface area (Å²) in [6.45, 7) is 0. The SMILES string of the molecule is FC(F)(F)c1cccc(-c2nnc3sc(-c4ccc(-c5ccc(Cl)cc5)o4)nn23)c1. The molecule has 5 aromatic rings. The van der Waals surface area contributed by atoms with Gasteiger partial charge in [-0.25, -0.2) is 0 Å². The summed E-state index contributed by atoms with van der Waals surface area (Å²) >= 11 is 7.14. The van der Waals surface area contributed by atoms with E-state index >= 15 is 0 Å². The van der Waals surface area contributed by atoms with E-state index in [-0.39, 0.29) is 11.4 Å². The van der Waals surface area contributed by atoms with E-state index in [9.17, 15) is 13.2 Å². The topological polar surface area (TPSA) is 56.2 Å². The van der Waals surface area contributed by atoms with Crippen LogP contribution in [0.3, 0.4) is 0 Å². The minimum atomic E-state index is -4.45. The second-order valence-electron chi connectivity index (χ2n) is 6.37. The smallest absolute Gasteiger partial charge is 0.416 e. The molecule has 0 aliphatic carbocycles. The molecule has 0 amide bonds. The summed E-state index contributed by atoms with van der Waals surface area (Å²) in [7, 11) is 0. The zero-order valence-corrected chi connectivity index (χ0v) is 16.5. The molecule has 0 fully saturated rings. The van der Waals surface area contributed by atoms with Crippen molar-refractivity contribution in [2.45, 2.75) is 6.18 Å². The number of benzene rings is 2. The van der Waals surface area contributed by atoms with E-state index in [2.05, 4.69) is 15.3 Å². The van der Waals surface area contributed by atoms with Gasteiger partial charge < -0.3 is 4.42 Å². The lowest BCUT2D eigenvalue weighted by Crippen LogP contribution is -2.05. The molecule has 10 heteroatoms. The Kier molecular flexibility index (Phi) is 4.37. The highest BCUT2D eigenvalue weighted by Crippen LogP contribution is 2.34. The average Bonchev–Trinajstić information content (AvgIpc) is 3.43. The Labute approximate surface area is 176 Å². The largest absolute Gasteiger partial charge is 0.454 e. The lowest BCUT2D eigenvalue weighted by Gasteiger charge is -2.07. The third kappa shape index (κ3) is 3.35. The van der Waals surface area contributed by atoms with E-state index in [0.717, 1.165) is 17.7 Å². The lowest BCUT2D eigenvalue weighted by atomic mass is 10.1. The second kappa shape index (κ2) is 6.96. The van der Waals surface area contributed by atoms with Gasteiger partial charge in [-0.05, 0) is 48.5 Å². The van der Waals surface area contributed by atoms with Gasteiger partial charge in [-0.3, -0.25) is 0 Å². The number of alkyl halides is 3. The van der Waals surface area contributed by atoms with Crippen LogP contribution in [0, 0.1) is 0 Å². The minimum Gasteiger partial charge on any atom is -0.454 e. The van der Waals surface area contributed by atoms with Crippen molar-refractivity contribution in [1.82, 2.24) is 19.8 Å². The summed E-state index contributed by atoms with van der Waals surface area (Å²) in [5, 5.41) is 13.6. The second-order valence-corrected chi connectivity index (χ2v) is 7.77. The number of fused-ring (bicyclic) bond motifs is 1. The molecule has 0 atom stereocenters. The van der Waals surface area contributed by atoms with Crippen LogP contribution < -0.4 is 0 Å². The zero-order valence-electron chi connectivity index (χ0n) is 14.9. The maximum Gasteiger partial charge on any atom is 0.416 e. The van der Waals surface area contributed by atoms with Crippen molar-refractivity contribution in [1.29, 1.82) is 0 Å². The summed E-state index contributed by atoms with van der Waals surface area (Å²) in [4.78, 5) is 0.446. The molecule has 0 spiro atoms. The van der Waals surface area contributed by atoms with Gasteiger partial charge in [0.1, 0.15) is 5.76 Å². The summed E-state index contributed by atoms with van der Waals surface area (Å²) in [6, 6.07) is 15.7. The molecular formula is C20H10ClF3N4OS. The molecule has 0 bridgehead atoms. The van der Waals surface area contributed by atoms with Crippen LogP contribution in [-0.2, 0) is 6.18 Å². The molecule has 0 unspecified atom stereocenters. The van der Waals surface area contributed by atoms with Crippen LogP contribution in [0.5, 0.6) is 0 Å². The van der Waals surface area contributed by atoms with Gasteiger partial charge in [0.2, 0.25) is 4.96 Å². The first-order chi connectivity index (χ1) is 14.4. The molecular weight excluding hydrogens is 437 g/mol. The van der Waals surface area contributed by atoms with E-state index in [1.54, 1.807) is 18.2 Å². The predicted octanol–water partition coefficient (Wildman–Crippen LogP) is 6.45. The number of furan rings is 1. The average molecular weight is 447 g/mol. The Morgan fingerprint density at radius 1 is 0.900 bits per heavy atom. The number of hydrogen-bond acceptors (Lipinski definition) is 5. The number of hydrogen-bond donors (Lipinski definition) is 0. The fourth-order valence-electron chi connectivity index (χ4n) is 2.95. The van der Waals surface area contributed by atoms with Gasteiger partial charge in [-0.15, -0.1) is 15.3 Å². The van der Waals surface area contributed by atoms with Crippen LogP contribution in [0.15, 0.2) is 65.1 Å². The van der Waals surface area contributed by atoms with E-state index in [1.807, 2.05) is 18.2 Å². The van der Waals surface area contributed by atoms with Gasteiger partial charge in [0, 0.05) is 16.1 Å². The molecule has 0 aliphatic rings. The van der Waals surface area contributed by atoms with Crippen molar-refractivity contribution < 1.29 is 17.6 Å². The molecule has 3 aromatic heterocycles. The van der Waals surface area contributed by atoms with Crippen LogP contribution in [0.25, 0.3) is 38.4 Å². The zero-order chi connectivity index (χ0) is 20.9. The molecule has 0 radical (unpaired) electrons. The normalized spacial score (nSPS) is 12.0. The van der Waals surface area contributed by atoms with Gasteiger partial charge in [0.05, 0.1) is 5.56 Å². The van der Waals surface area contributed by atoms with Crippen molar-refractivity contribution in [3.8, 4) is 33.5 Å². The fourth-order valence-corrected chi connectivity index (χ4v) is 3.88. The van der Waals surface area contributed by atoms with E-state index in [0.29, 0.717) is 26.5 Å². The summed E-state index contributed by atoms with van der Waals surface area (Å²) in [5.41, 5.74) is 0.375. The third-order valence-electron chi connectivity index (χ3n) is 4.38. The lowest BCUT2D eigenvalue weighted by molar-refractivity contribution is -0.137.